The van der Waals surface area contributed by atoms with Gasteiger partial charge in [0, 0.05) is 23.2 Å². The Kier molecular flexibility index (Phi) is 5.93. The number of benzene rings is 2. The number of rotatable bonds is 6. The van der Waals surface area contributed by atoms with E-state index < -0.39 is 27.4 Å². The first-order valence-electron chi connectivity index (χ1n) is 9.76. The molecule has 0 amide bonds. The molecule has 168 valence electrons. The molecule has 10 heteroatoms. The van der Waals surface area contributed by atoms with E-state index in [0.717, 1.165) is 4.68 Å². The third-order valence-corrected chi connectivity index (χ3v) is 6.87. The highest BCUT2D eigenvalue weighted by atomic mass is 32.2. The molecule has 0 aliphatic carbocycles. The minimum absolute atomic E-state index is 0.0315. The van der Waals surface area contributed by atoms with E-state index in [9.17, 15) is 18.0 Å². The lowest BCUT2D eigenvalue weighted by molar-refractivity contribution is -0.143. The number of carbonyl (C=O) groups is 1. The highest BCUT2D eigenvalue weighted by Crippen LogP contribution is 2.24. The second kappa shape index (κ2) is 8.83. The van der Waals surface area contributed by atoms with Gasteiger partial charge in [0.05, 0.1) is 35.6 Å². The first-order chi connectivity index (χ1) is 15.9. The summed E-state index contributed by atoms with van der Waals surface area (Å²) in [5.74, 6) is -0.368. The number of hydrogen-bond acceptors (Lipinski definition) is 8. The van der Waals surface area contributed by atoms with Crippen LogP contribution in [0.1, 0.15) is 11.6 Å². The molecule has 2 heterocycles. The fourth-order valence-electron chi connectivity index (χ4n) is 3.39. The van der Waals surface area contributed by atoms with Crippen molar-refractivity contribution in [1.29, 1.82) is 0 Å². The number of carbonyl (C=O) groups excluding carboxylic acids is 1. The predicted molar refractivity (Wildman–Crippen MR) is 119 cm³/mol. The number of hydrogen-bond donors (Lipinski definition) is 0. The number of nitrogens with zero attached hydrogens (tertiary/aromatic N) is 3. The van der Waals surface area contributed by atoms with Crippen LogP contribution in [0.4, 0.5) is 0 Å². The van der Waals surface area contributed by atoms with Crippen LogP contribution in [0.2, 0.25) is 0 Å². The van der Waals surface area contributed by atoms with Gasteiger partial charge in [-0.15, -0.1) is 0 Å². The van der Waals surface area contributed by atoms with E-state index in [-0.39, 0.29) is 15.2 Å². The van der Waals surface area contributed by atoms with Gasteiger partial charge in [0.2, 0.25) is 15.7 Å². The Morgan fingerprint density at radius 3 is 2.36 bits per heavy atom. The molecule has 1 unspecified atom stereocenters. The van der Waals surface area contributed by atoms with Crippen LogP contribution in [-0.2, 0) is 19.4 Å². The van der Waals surface area contributed by atoms with Crippen LogP contribution in [0.5, 0.6) is 5.88 Å². The standard InChI is InChI=1S/C23H19N3O6S/c1-31-20-11-8-15(13-24-20)21(23(28)32-2)26-22(27)19-10-9-18(12-16(19)14-25-26)33(29,30)17-6-4-3-5-7-17/h3-14,21H,1-2H3. The summed E-state index contributed by atoms with van der Waals surface area (Å²) >= 11 is 0. The molecule has 4 aromatic rings. The number of methoxy groups -OCH3 is 2. The molecule has 0 aliphatic rings. The normalized spacial score (nSPS) is 12.3. The Labute approximate surface area is 189 Å². The van der Waals surface area contributed by atoms with Gasteiger partial charge < -0.3 is 9.47 Å². The molecule has 0 spiro atoms. The van der Waals surface area contributed by atoms with Crippen molar-refractivity contribution in [3.05, 3.63) is 89.0 Å². The van der Waals surface area contributed by atoms with Gasteiger partial charge in [0.15, 0.2) is 6.04 Å². The average Bonchev–Trinajstić information content (AvgIpc) is 2.86. The monoisotopic (exact) mass is 465 g/mol. The fraction of sp³-hybridized carbons (Fsp3) is 0.130. The SMILES string of the molecule is COC(=O)C(c1ccc(OC)nc1)n1ncc2cc(S(=O)(=O)c3ccccc3)ccc2c1=O. The molecule has 0 fully saturated rings. The molecule has 0 saturated carbocycles. The van der Waals surface area contributed by atoms with E-state index in [0.29, 0.717) is 16.8 Å². The van der Waals surface area contributed by atoms with Gasteiger partial charge in [-0.25, -0.2) is 22.9 Å². The number of sulfone groups is 1. The lowest BCUT2D eigenvalue weighted by Gasteiger charge is -2.17. The number of aromatic nitrogens is 3. The molecule has 0 N–H and O–H groups in total. The highest BCUT2D eigenvalue weighted by Gasteiger charge is 2.27. The van der Waals surface area contributed by atoms with Crippen LogP contribution in [0, 0.1) is 0 Å². The van der Waals surface area contributed by atoms with E-state index in [1.54, 1.807) is 30.3 Å². The van der Waals surface area contributed by atoms with Crippen molar-refractivity contribution < 1.29 is 22.7 Å². The van der Waals surface area contributed by atoms with Crippen LogP contribution in [0.3, 0.4) is 0 Å². The minimum Gasteiger partial charge on any atom is -0.481 e. The molecule has 33 heavy (non-hydrogen) atoms. The lowest BCUT2D eigenvalue weighted by Crippen LogP contribution is -2.33. The Hall–Kier alpha value is -4.05. The Morgan fingerprint density at radius 2 is 1.73 bits per heavy atom. The van der Waals surface area contributed by atoms with Gasteiger partial charge in [-0.1, -0.05) is 18.2 Å². The molecular weight excluding hydrogens is 446 g/mol. The topological polar surface area (TPSA) is 117 Å². The van der Waals surface area contributed by atoms with Gasteiger partial charge in [0.1, 0.15) is 0 Å². The minimum atomic E-state index is -3.77. The van der Waals surface area contributed by atoms with Crippen molar-refractivity contribution in [2.24, 2.45) is 0 Å². The molecule has 0 saturated heterocycles. The largest absolute Gasteiger partial charge is 0.481 e. The molecule has 9 nitrogen and oxygen atoms in total. The first-order valence-corrected chi connectivity index (χ1v) is 11.2. The van der Waals surface area contributed by atoms with E-state index in [2.05, 4.69) is 10.1 Å². The summed E-state index contributed by atoms with van der Waals surface area (Å²) in [6.07, 6.45) is 2.74. The molecule has 0 radical (unpaired) electrons. The van der Waals surface area contributed by atoms with E-state index >= 15 is 0 Å². The summed E-state index contributed by atoms with van der Waals surface area (Å²) in [7, 11) is -1.10. The van der Waals surface area contributed by atoms with Crippen molar-refractivity contribution in [2.75, 3.05) is 14.2 Å². The maximum Gasteiger partial charge on any atom is 0.335 e. The van der Waals surface area contributed by atoms with Gasteiger partial charge in [-0.05, 0) is 36.4 Å². The molecule has 0 aliphatic heterocycles. The summed E-state index contributed by atoms with van der Waals surface area (Å²) in [6.45, 7) is 0. The summed E-state index contributed by atoms with van der Waals surface area (Å²) in [4.78, 5) is 30.0. The first kappa shape index (κ1) is 22.2. The Bertz CT molecular complexity index is 1480. The summed E-state index contributed by atoms with van der Waals surface area (Å²) in [5, 5.41) is 4.67. The van der Waals surface area contributed by atoms with Gasteiger partial charge in [-0.3, -0.25) is 4.79 Å². The third kappa shape index (κ3) is 4.08. The van der Waals surface area contributed by atoms with Crippen molar-refractivity contribution >= 4 is 26.6 Å². The maximum absolute atomic E-state index is 13.2. The third-order valence-electron chi connectivity index (χ3n) is 5.10. The molecule has 4 rings (SSSR count). The van der Waals surface area contributed by atoms with E-state index in [4.69, 9.17) is 9.47 Å². The molecule has 0 bridgehead atoms. The average molecular weight is 465 g/mol. The molecular formula is C23H19N3O6S. The molecule has 2 aromatic heterocycles. The lowest BCUT2D eigenvalue weighted by atomic mass is 10.1. The summed E-state index contributed by atoms with van der Waals surface area (Å²) < 4.78 is 36.7. The van der Waals surface area contributed by atoms with Gasteiger partial charge in [0.25, 0.3) is 5.56 Å². The Balaban J connectivity index is 1.82. The second-order valence-corrected chi connectivity index (χ2v) is 8.97. The van der Waals surface area contributed by atoms with Crippen LogP contribution >= 0.6 is 0 Å². The zero-order valence-electron chi connectivity index (χ0n) is 17.7. The van der Waals surface area contributed by atoms with Crippen molar-refractivity contribution in [2.45, 2.75) is 15.8 Å². The van der Waals surface area contributed by atoms with E-state index in [1.165, 1.54) is 56.9 Å². The quantitative estimate of drug-likeness (QED) is 0.399. The van der Waals surface area contributed by atoms with Crippen molar-refractivity contribution in [3.63, 3.8) is 0 Å². The highest BCUT2D eigenvalue weighted by molar-refractivity contribution is 7.91. The van der Waals surface area contributed by atoms with Crippen molar-refractivity contribution in [1.82, 2.24) is 14.8 Å². The van der Waals surface area contributed by atoms with Crippen LogP contribution in [0.25, 0.3) is 10.8 Å². The zero-order chi connectivity index (χ0) is 23.6. The maximum atomic E-state index is 13.2. The number of ether oxygens (including phenoxy) is 2. The summed E-state index contributed by atoms with van der Waals surface area (Å²) in [5.41, 5.74) is -0.206. The van der Waals surface area contributed by atoms with Crippen LogP contribution in [-0.4, -0.2) is 43.4 Å². The van der Waals surface area contributed by atoms with Crippen molar-refractivity contribution in [3.8, 4) is 5.88 Å². The van der Waals surface area contributed by atoms with Gasteiger partial charge in [-0.2, -0.15) is 5.10 Å². The smallest absolute Gasteiger partial charge is 0.335 e. The van der Waals surface area contributed by atoms with Crippen LogP contribution < -0.4 is 10.3 Å². The van der Waals surface area contributed by atoms with Gasteiger partial charge >= 0.3 is 5.97 Å². The predicted octanol–water partition coefficient (Wildman–Crippen LogP) is 2.40. The second-order valence-electron chi connectivity index (χ2n) is 7.02. The number of fused-ring (bicyclic) bond motifs is 1. The summed E-state index contributed by atoms with van der Waals surface area (Å²) in [6, 6.07) is 14.1. The van der Waals surface area contributed by atoms with E-state index in [1.807, 2.05) is 0 Å². The molecule has 2 aromatic carbocycles. The number of pyridine rings is 1. The van der Waals surface area contributed by atoms with Crippen LogP contribution in [0.15, 0.2) is 87.6 Å². The number of esters is 1. The Morgan fingerprint density at radius 1 is 0.970 bits per heavy atom. The fourth-order valence-corrected chi connectivity index (χ4v) is 4.71. The zero-order valence-corrected chi connectivity index (χ0v) is 18.5. The molecule has 1 atom stereocenters.